The van der Waals surface area contributed by atoms with Crippen molar-refractivity contribution >= 4 is 6.21 Å². The van der Waals surface area contributed by atoms with Crippen LogP contribution in [-0.2, 0) is 0 Å². The van der Waals surface area contributed by atoms with E-state index in [1.165, 1.54) is 5.57 Å². The Labute approximate surface area is 111 Å². The highest BCUT2D eigenvalue weighted by Gasteiger charge is 2.33. The largest absolute Gasteiger partial charge is 0.398 e. The summed E-state index contributed by atoms with van der Waals surface area (Å²) in [5, 5.41) is 0. The van der Waals surface area contributed by atoms with E-state index in [4.69, 9.17) is 5.73 Å². The molecule has 0 amide bonds. The molecule has 0 atom stereocenters. The van der Waals surface area contributed by atoms with Crippen LogP contribution < -0.4 is 5.73 Å². The average molecular weight is 244 g/mol. The van der Waals surface area contributed by atoms with Crippen molar-refractivity contribution in [2.24, 2.45) is 16.1 Å². The fraction of sp³-hybridized carbons (Fsp3) is 0.438. The highest BCUT2D eigenvalue weighted by molar-refractivity contribution is 5.85. The Kier molecular flexibility index (Phi) is 4.33. The SMILES string of the molecule is C=C(C=NCC)C1=CC(N)=C(C)/C(=C\C)C1(C)C. The van der Waals surface area contributed by atoms with Crippen molar-refractivity contribution in [3.63, 3.8) is 0 Å². The summed E-state index contributed by atoms with van der Waals surface area (Å²) in [6.45, 7) is 15.4. The van der Waals surface area contributed by atoms with Crippen LogP contribution in [0.3, 0.4) is 0 Å². The quantitative estimate of drug-likeness (QED) is 0.754. The zero-order valence-electron chi connectivity index (χ0n) is 12.2. The van der Waals surface area contributed by atoms with Crippen LogP contribution in [0.2, 0.25) is 0 Å². The molecule has 0 aromatic rings. The Morgan fingerprint density at radius 2 is 2.11 bits per heavy atom. The first-order chi connectivity index (χ1) is 8.36. The molecule has 0 bridgehead atoms. The van der Waals surface area contributed by atoms with Crippen molar-refractivity contribution < 1.29 is 0 Å². The summed E-state index contributed by atoms with van der Waals surface area (Å²) in [5.74, 6) is 0. The van der Waals surface area contributed by atoms with E-state index in [2.05, 4.69) is 45.3 Å². The number of hydrogen-bond donors (Lipinski definition) is 1. The van der Waals surface area contributed by atoms with Crippen LogP contribution in [0.4, 0.5) is 0 Å². The van der Waals surface area contributed by atoms with Gasteiger partial charge in [-0.2, -0.15) is 0 Å². The van der Waals surface area contributed by atoms with Crippen LogP contribution >= 0.6 is 0 Å². The number of nitrogens with zero attached hydrogens (tertiary/aromatic N) is 1. The van der Waals surface area contributed by atoms with Gasteiger partial charge in [0.25, 0.3) is 0 Å². The highest BCUT2D eigenvalue weighted by atomic mass is 14.7. The van der Waals surface area contributed by atoms with E-state index in [0.717, 1.165) is 29.0 Å². The summed E-state index contributed by atoms with van der Waals surface area (Å²) in [5.41, 5.74) is 11.4. The van der Waals surface area contributed by atoms with E-state index >= 15 is 0 Å². The van der Waals surface area contributed by atoms with E-state index < -0.39 is 0 Å². The first-order valence-corrected chi connectivity index (χ1v) is 6.41. The summed E-state index contributed by atoms with van der Waals surface area (Å²) in [7, 11) is 0. The van der Waals surface area contributed by atoms with Crippen LogP contribution in [0, 0.1) is 5.41 Å². The maximum Gasteiger partial charge on any atom is 0.0361 e. The molecule has 18 heavy (non-hydrogen) atoms. The molecule has 0 fully saturated rings. The van der Waals surface area contributed by atoms with Crippen LogP contribution in [0.25, 0.3) is 0 Å². The molecule has 2 N–H and O–H groups in total. The first-order valence-electron chi connectivity index (χ1n) is 6.41. The van der Waals surface area contributed by atoms with E-state index in [-0.39, 0.29) is 5.41 Å². The van der Waals surface area contributed by atoms with Crippen LogP contribution in [0.15, 0.2) is 51.7 Å². The van der Waals surface area contributed by atoms with E-state index in [0.29, 0.717) is 0 Å². The fourth-order valence-corrected chi connectivity index (χ4v) is 2.56. The molecule has 2 nitrogen and oxygen atoms in total. The van der Waals surface area contributed by atoms with Crippen molar-refractivity contribution in [3.05, 3.63) is 46.7 Å². The predicted molar refractivity (Wildman–Crippen MR) is 80.7 cm³/mol. The van der Waals surface area contributed by atoms with Gasteiger partial charge in [-0.3, -0.25) is 4.99 Å². The Hall–Kier alpha value is -1.57. The lowest BCUT2D eigenvalue weighted by Gasteiger charge is -2.36. The second-order valence-electron chi connectivity index (χ2n) is 5.12. The van der Waals surface area contributed by atoms with E-state index in [1.807, 2.05) is 19.2 Å². The summed E-state index contributed by atoms with van der Waals surface area (Å²) in [6, 6.07) is 0. The molecule has 1 rings (SSSR count). The summed E-state index contributed by atoms with van der Waals surface area (Å²) in [6.07, 6.45) is 6.01. The van der Waals surface area contributed by atoms with Gasteiger partial charge in [-0.1, -0.05) is 26.5 Å². The lowest BCUT2D eigenvalue weighted by atomic mass is 9.68. The van der Waals surface area contributed by atoms with Gasteiger partial charge in [-0.05, 0) is 49.1 Å². The van der Waals surface area contributed by atoms with Gasteiger partial charge in [0.15, 0.2) is 0 Å². The molecule has 0 unspecified atom stereocenters. The number of allylic oxidation sites excluding steroid dienone is 6. The minimum Gasteiger partial charge on any atom is -0.398 e. The average Bonchev–Trinajstić information content (AvgIpc) is 2.31. The number of hydrogen-bond acceptors (Lipinski definition) is 2. The molecule has 0 saturated heterocycles. The molecule has 0 heterocycles. The summed E-state index contributed by atoms with van der Waals surface area (Å²) >= 11 is 0. The van der Waals surface area contributed by atoms with E-state index in [1.54, 1.807) is 0 Å². The van der Waals surface area contributed by atoms with Crippen molar-refractivity contribution in [2.75, 3.05) is 6.54 Å². The standard InChI is InChI=1S/C16H24N2/c1-7-13-12(4)15(17)9-14(16(13,5)6)11(3)10-18-8-2/h7,9-10H,3,8,17H2,1-2,4-6H3/b13-7+,18-10?. The molecule has 0 radical (unpaired) electrons. The zero-order chi connectivity index (χ0) is 13.9. The number of rotatable bonds is 3. The van der Waals surface area contributed by atoms with Gasteiger partial charge in [0, 0.05) is 23.9 Å². The third-order valence-electron chi connectivity index (χ3n) is 3.55. The first kappa shape index (κ1) is 14.5. The maximum atomic E-state index is 6.10. The Balaban J connectivity index is 3.31. The minimum absolute atomic E-state index is 0.0709. The number of nitrogens with two attached hydrogens (primary N) is 1. The summed E-state index contributed by atoms with van der Waals surface area (Å²) in [4.78, 5) is 4.27. The fourth-order valence-electron chi connectivity index (χ4n) is 2.56. The molecule has 0 aliphatic heterocycles. The molecule has 0 saturated carbocycles. The highest BCUT2D eigenvalue weighted by Crippen LogP contribution is 2.45. The second-order valence-corrected chi connectivity index (χ2v) is 5.12. The molecule has 1 aliphatic rings. The lowest BCUT2D eigenvalue weighted by Crippen LogP contribution is -2.26. The minimum atomic E-state index is -0.0709. The van der Waals surface area contributed by atoms with Crippen molar-refractivity contribution in [3.8, 4) is 0 Å². The Morgan fingerprint density at radius 1 is 1.50 bits per heavy atom. The Bertz CT molecular complexity index is 471. The van der Waals surface area contributed by atoms with Crippen LogP contribution in [0.5, 0.6) is 0 Å². The third kappa shape index (κ3) is 2.47. The molecule has 0 aromatic carbocycles. The molecular weight excluding hydrogens is 220 g/mol. The molecule has 0 aromatic heterocycles. The second kappa shape index (κ2) is 5.38. The van der Waals surface area contributed by atoms with Gasteiger partial charge in [0.2, 0.25) is 0 Å². The third-order valence-corrected chi connectivity index (χ3v) is 3.55. The van der Waals surface area contributed by atoms with Gasteiger partial charge < -0.3 is 5.73 Å². The predicted octanol–water partition coefficient (Wildman–Crippen LogP) is 3.78. The van der Waals surface area contributed by atoms with Gasteiger partial charge in [0.05, 0.1) is 0 Å². The van der Waals surface area contributed by atoms with Crippen molar-refractivity contribution in [1.82, 2.24) is 0 Å². The lowest BCUT2D eigenvalue weighted by molar-refractivity contribution is 0.546. The van der Waals surface area contributed by atoms with Gasteiger partial charge >= 0.3 is 0 Å². The molecular formula is C16H24N2. The van der Waals surface area contributed by atoms with Crippen LogP contribution in [0.1, 0.15) is 34.6 Å². The topological polar surface area (TPSA) is 38.4 Å². The molecule has 0 spiro atoms. The number of aliphatic imine (C=N–C) groups is 1. The monoisotopic (exact) mass is 244 g/mol. The molecule has 98 valence electrons. The van der Waals surface area contributed by atoms with Crippen molar-refractivity contribution in [2.45, 2.75) is 34.6 Å². The summed E-state index contributed by atoms with van der Waals surface area (Å²) < 4.78 is 0. The normalized spacial score (nSPS) is 21.6. The maximum absolute atomic E-state index is 6.10. The smallest absolute Gasteiger partial charge is 0.0361 e. The molecule has 2 heteroatoms. The van der Waals surface area contributed by atoms with Gasteiger partial charge in [0.1, 0.15) is 0 Å². The Morgan fingerprint density at radius 3 is 2.61 bits per heavy atom. The van der Waals surface area contributed by atoms with Gasteiger partial charge in [-0.25, -0.2) is 0 Å². The van der Waals surface area contributed by atoms with E-state index in [9.17, 15) is 0 Å². The molecule has 1 aliphatic carbocycles. The van der Waals surface area contributed by atoms with Crippen molar-refractivity contribution in [1.29, 1.82) is 0 Å². The zero-order valence-corrected chi connectivity index (χ0v) is 12.2. The van der Waals surface area contributed by atoms with Gasteiger partial charge in [-0.15, -0.1) is 0 Å². The van der Waals surface area contributed by atoms with Crippen LogP contribution in [-0.4, -0.2) is 12.8 Å².